The maximum atomic E-state index is 13.4. The van der Waals surface area contributed by atoms with Gasteiger partial charge in [-0.05, 0) is 38.0 Å². The second-order valence-corrected chi connectivity index (χ2v) is 8.23. The van der Waals surface area contributed by atoms with Crippen molar-refractivity contribution in [1.82, 2.24) is 9.80 Å². The van der Waals surface area contributed by atoms with Crippen LogP contribution in [0.15, 0.2) is 18.2 Å². The number of likely N-dealkylation sites (tertiary alicyclic amines) is 1. The van der Waals surface area contributed by atoms with Crippen molar-refractivity contribution >= 4 is 11.8 Å². The van der Waals surface area contributed by atoms with Gasteiger partial charge in [0.25, 0.3) is 5.91 Å². The molecule has 29 heavy (non-hydrogen) atoms. The predicted molar refractivity (Wildman–Crippen MR) is 107 cm³/mol. The second kappa shape index (κ2) is 7.52. The maximum absolute atomic E-state index is 13.4. The van der Waals surface area contributed by atoms with Crippen LogP contribution in [-0.4, -0.2) is 65.8 Å². The van der Waals surface area contributed by atoms with Gasteiger partial charge in [-0.25, -0.2) is 0 Å². The zero-order chi connectivity index (χ0) is 20.8. The lowest BCUT2D eigenvalue weighted by atomic mass is 10.0. The van der Waals surface area contributed by atoms with E-state index in [0.717, 1.165) is 0 Å². The van der Waals surface area contributed by atoms with Crippen LogP contribution >= 0.6 is 0 Å². The van der Waals surface area contributed by atoms with Crippen LogP contribution in [-0.2, 0) is 9.53 Å². The Hall–Kier alpha value is -2.28. The lowest BCUT2D eigenvalue weighted by molar-refractivity contribution is -0.139. The number of rotatable bonds is 6. The molecule has 4 rings (SSSR count). The first kappa shape index (κ1) is 20.0. The van der Waals surface area contributed by atoms with E-state index in [-0.39, 0.29) is 23.9 Å². The molecule has 0 aromatic heterocycles. The third-order valence-electron chi connectivity index (χ3n) is 6.31. The summed E-state index contributed by atoms with van der Waals surface area (Å²) in [6, 6.07) is 5.12. The van der Waals surface area contributed by atoms with Crippen molar-refractivity contribution in [2.24, 2.45) is 5.92 Å². The highest BCUT2D eigenvalue weighted by atomic mass is 16.5. The van der Waals surface area contributed by atoms with Crippen molar-refractivity contribution in [3.8, 4) is 11.5 Å². The summed E-state index contributed by atoms with van der Waals surface area (Å²) in [5.41, 5.74) is -0.117. The molecule has 0 aliphatic carbocycles. The van der Waals surface area contributed by atoms with E-state index in [4.69, 9.17) is 14.2 Å². The van der Waals surface area contributed by atoms with Crippen LogP contribution in [0.1, 0.15) is 50.9 Å². The summed E-state index contributed by atoms with van der Waals surface area (Å²) in [6.07, 6.45) is 0.984. The Balaban J connectivity index is 1.60. The van der Waals surface area contributed by atoms with Crippen molar-refractivity contribution in [2.45, 2.75) is 58.3 Å². The van der Waals surface area contributed by atoms with Crippen molar-refractivity contribution < 1.29 is 23.8 Å². The molecule has 3 aliphatic rings. The van der Waals surface area contributed by atoms with Crippen LogP contribution in [0.5, 0.6) is 11.5 Å². The van der Waals surface area contributed by atoms with Gasteiger partial charge in [0.15, 0.2) is 17.2 Å². The van der Waals surface area contributed by atoms with Crippen molar-refractivity contribution in [3.63, 3.8) is 0 Å². The molecule has 3 atom stereocenters. The number of hydrogen-bond donors (Lipinski definition) is 0. The van der Waals surface area contributed by atoms with Crippen LogP contribution in [0.3, 0.4) is 0 Å². The fourth-order valence-electron chi connectivity index (χ4n) is 4.96. The number of benzene rings is 1. The molecule has 1 aromatic rings. The van der Waals surface area contributed by atoms with E-state index in [1.54, 1.807) is 18.2 Å². The lowest BCUT2D eigenvalue weighted by Crippen LogP contribution is -2.51. The van der Waals surface area contributed by atoms with E-state index in [2.05, 4.69) is 13.8 Å². The van der Waals surface area contributed by atoms with Crippen LogP contribution in [0, 0.1) is 5.92 Å². The molecule has 3 aliphatic heterocycles. The molecule has 1 spiro atoms. The highest BCUT2D eigenvalue weighted by molar-refractivity contribution is 5.96. The number of ether oxygens (including phenoxy) is 3. The molecule has 1 aromatic carbocycles. The monoisotopic (exact) mass is 402 g/mol. The van der Waals surface area contributed by atoms with Gasteiger partial charge in [-0.15, -0.1) is 0 Å². The van der Waals surface area contributed by atoms with Gasteiger partial charge in [0.2, 0.25) is 5.91 Å². The first-order chi connectivity index (χ1) is 13.9. The maximum Gasteiger partial charge on any atom is 0.254 e. The summed E-state index contributed by atoms with van der Waals surface area (Å²) in [6.45, 7) is 10.2. The Morgan fingerprint density at radius 3 is 2.66 bits per heavy atom. The van der Waals surface area contributed by atoms with Gasteiger partial charge in [-0.2, -0.15) is 0 Å². The van der Waals surface area contributed by atoms with E-state index in [1.807, 2.05) is 23.6 Å². The number of carbonyl (C=O) groups is 2. The molecule has 0 saturated carbocycles. The summed E-state index contributed by atoms with van der Waals surface area (Å²) < 4.78 is 17.5. The fourth-order valence-corrected chi connectivity index (χ4v) is 4.96. The number of amides is 2. The molecule has 7 nitrogen and oxygen atoms in total. The number of nitrogens with zero attached hydrogens (tertiary/aromatic N) is 2. The smallest absolute Gasteiger partial charge is 0.254 e. The summed E-state index contributed by atoms with van der Waals surface area (Å²) >= 11 is 0. The van der Waals surface area contributed by atoms with Crippen LogP contribution in [0.25, 0.3) is 0 Å². The zero-order valence-corrected chi connectivity index (χ0v) is 17.6. The number of hydrogen-bond acceptors (Lipinski definition) is 5. The zero-order valence-electron chi connectivity index (χ0n) is 17.6. The van der Waals surface area contributed by atoms with Crippen LogP contribution in [0.4, 0.5) is 0 Å². The van der Waals surface area contributed by atoms with Crippen molar-refractivity contribution in [2.75, 3.05) is 26.4 Å². The Morgan fingerprint density at radius 1 is 1.24 bits per heavy atom. The van der Waals surface area contributed by atoms with Crippen molar-refractivity contribution in [3.05, 3.63) is 23.8 Å². The topological polar surface area (TPSA) is 68.3 Å². The van der Waals surface area contributed by atoms with Gasteiger partial charge < -0.3 is 24.0 Å². The second-order valence-electron chi connectivity index (χ2n) is 8.23. The Bertz CT molecular complexity index is 810. The highest BCUT2D eigenvalue weighted by Gasteiger charge is 2.65. The van der Waals surface area contributed by atoms with Gasteiger partial charge in [-0.1, -0.05) is 13.8 Å². The van der Waals surface area contributed by atoms with Crippen LogP contribution in [0.2, 0.25) is 0 Å². The molecule has 3 saturated heterocycles. The highest BCUT2D eigenvalue weighted by Crippen LogP contribution is 2.49. The minimum Gasteiger partial charge on any atom is -0.490 e. The van der Waals surface area contributed by atoms with E-state index in [9.17, 15) is 9.59 Å². The van der Waals surface area contributed by atoms with Gasteiger partial charge in [0.1, 0.15) is 0 Å². The SMILES string of the molecule is CCOc1ccc(C(=O)N2CC[C@@]34OC[C@@H](C(C)C)N3C(=O)C[C@@H]24)cc1OCC. The standard InChI is InChI=1S/C22H30N2O5/c1-5-27-17-8-7-15(11-18(17)28-6-2)21(26)23-10-9-22-19(23)12-20(25)24(22)16(13-29-22)14(3)4/h7-8,11,14,16,19H,5-6,9-10,12-13H2,1-4H3/t16-,19+,22-/m0/s1. The summed E-state index contributed by atoms with van der Waals surface area (Å²) in [5.74, 6) is 1.51. The molecule has 2 amide bonds. The van der Waals surface area contributed by atoms with Crippen LogP contribution < -0.4 is 9.47 Å². The average Bonchev–Trinajstić information content (AvgIpc) is 3.32. The molecule has 0 bridgehead atoms. The molecule has 0 N–H and O–H groups in total. The average molecular weight is 402 g/mol. The third kappa shape index (κ3) is 3.06. The third-order valence-corrected chi connectivity index (χ3v) is 6.31. The molecular weight excluding hydrogens is 372 g/mol. The molecule has 0 unspecified atom stereocenters. The minimum atomic E-state index is -0.657. The van der Waals surface area contributed by atoms with Gasteiger partial charge in [0.05, 0.1) is 38.3 Å². The van der Waals surface area contributed by atoms with Gasteiger partial charge in [-0.3, -0.25) is 9.59 Å². The summed E-state index contributed by atoms with van der Waals surface area (Å²) in [4.78, 5) is 29.9. The number of carbonyl (C=O) groups excluding carboxylic acids is 2. The first-order valence-corrected chi connectivity index (χ1v) is 10.6. The normalized spacial score (nSPS) is 28.1. The lowest BCUT2D eigenvalue weighted by Gasteiger charge is -2.34. The first-order valence-electron chi connectivity index (χ1n) is 10.6. The predicted octanol–water partition coefficient (Wildman–Crippen LogP) is 2.68. The Kier molecular flexibility index (Phi) is 5.19. The quantitative estimate of drug-likeness (QED) is 0.732. The molecule has 7 heteroatoms. The molecule has 158 valence electrons. The van der Waals surface area contributed by atoms with E-state index in [1.165, 1.54) is 0 Å². The summed E-state index contributed by atoms with van der Waals surface area (Å²) in [7, 11) is 0. The fraction of sp³-hybridized carbons (Fsp3) is 0.636. The van der Waals surface area contributed by atoms with Gasteiger partial charge >= 0.3 is 0 Å². The van der Waals surface area contributed by atoms with Gasteiger partial charge in [0, 0.05) is 18.5 Å². The Morgan fingerprint density at radius 2 is 1.97 bits per heavy atom. The largest absolute Gasteiger partial charge is 0.490 e. The summed E-state index contributed by atoms with van der Waals surface area (Å²) in [5, 5.41) is 0. The molecule has 3 fully saturated rings. The van der Waals surface area contributed by atoms with E-state index >= 15 is 0 Å². The molecule has 3 heterocycles. The molecule has 0 radical (unpaired) electrons. The minimum absolute atomic E-state index is 0.0811. The van der Waals surface area contributed by atoms with E-state index < -0.39 is 5.72 Å². The van der Waals surface area contributed by atoms with Crippen molar-refractivity contribution in [1.29, 1.82) is 0 Å². The molecular formula is C22H30N2O5. The Labute approximate surface area is 171 Å². The van der Waals surface area contributed by atoms with E-state index in [0.29, 0.717) is 62.2 Å².